The highest BCUT2D eigenvalue weighted by molar-refractivity contribution is 7.62. The second-order valence-corrected chi connectivity index (χ2v) is 7.10. The molecule has 0 atom stereocenters. The highest BCUT2D eigenvalue weighted by Crippen LogP contribution is 2.31. The van der Waals surface area contributed by atoms with E-state index in [0.29, 0.717) is 5.75 Å². The van der Waals surface area contributed by atoms with Crippen molar-refractivity contribution in [2.24, 2.45) is 8.73 Å². The second kappa shape index (κ2) is 9.63. The minimum atomic E-state index is -2.69. The third kappa shape index (κ3) is 7.57. The molecule has 0 fully saturated rings. The predicted octanol–water partition coefficient (Wildman–Crippen LogP) is 4.14. The van der Waals surface area contributed by atoms with E-state index >= 15 is 0 Å². The topological polar surface area (TPSA) is 102 Å². The number of hydrogen-bond donors (Lipinski definition) is 0. The standard InChI is InChI=1S/C7H6N2O5S2.C4H2Cl2S/c1-14-5-2-3-6(8-15(10)11)7(4-5)9-16(12)13;5-3-1-2-4(6)7-3/h2-4H,1H3;1-2H. The van der Waals surface area contributed by atoms with Crippen LogP contribution in [0.1, 0.15) is 0 Å². The lowest BCUT2D eigenvalue weighted by Crippen LogP contribution is -1.81. The van der Waals surface area contributed by atoms with Gasteiger partial charge in [0.25, 0.3) is 0 Å². The van der Waals surface area contributed by atoms with Crippen LogP contribution < -0.4 is 4.74 Å². The number of ether oxygens (including phenoxy) is 1. The summed E-state index contributed by atoms with van der Waals surface area (Å²) in [5.74, 6) is 0.347. The minimum Gasteiger partial charge on any atom is -0.497 e. The van der Waals surface area contributed by atoms with Gasteiger partial charge in [-0.15, -0.1) is 20.1 Å². The highest BCUT2D eigenvalue weighted by Gasteiger charge is 2.03. The van der Waals surface area contributed by atoms with E-state index in [2.05, 4.69) is 8.73 Å². The highest BCUT2D eigenvalue weighted by atomic mass is 35.5. The molecule has 0 radical (unpaired) electrons. The summed E-state index contributed by atoms with van der Waals surface area (Å²) in [6.07, 6.45) is 0. The Morgan fingerprint density at radius 2 is 1.43 bits per heavy atom. The van der Waals surface area contributed by atoms with Crippen molar-refractivity contribution < 1.29 is 21.6 Å². The molecular formula is C11H8Cl2N2O5S3. The lowest BCUT2D eigenvalue weighted by atomic mass is 10.2. The number of thiophene rings is 1. The maximum Gasteiger partial charge on any atom is 0.316 e. The summed E-state index contributed by atoms with van der Waals surface area (Å²) in [6, 6.07) is 7.55. The second-order valence-electron chi connectivity index (χ2n) is 3.52. The van der Waals surface area contributed by atoms with Crippen molar-refractivity contribution in [3.8, 4) is 5.75 Å². The molecule has 124 valence electrons. The van der Waals surface area contributed by atoms with Gasteiger partial charge in [-0.25, -0.2) is 0 Å². The zero-order valence-electron chi connectivity index (χ0n) is 11.3. The number of methoxy groups -OCH3 is 1. The zero-order chi connectivity index (χ0) is 17.4. The molecule has 0 saturated heterocycles. The Hall–Kier alpha value is -1.46. The lowest BCUT2D eigenvalue weighted by Gasteiger charge is -2.00. The normalized spacial score (nSPS) is 9.35. The summed E-state index contributed by atoms with van der Waals surface area (Å²) in [5.41, 5.74) is -0.171. The number of rotatable bonds is 3. The third-order valence-electron chi connectivity index (χ3n) is 2.07. The first kappa shape index (κ1) is 19.6. The summed E-state index contributed by atoms with van der Waals surface area (Å²) in [4.78, 5) is 0. The predicted molar refractivity (Wildman–Crippen MR) is 89.3 cm³/mol. The van der Waals surface area contributed by atoms with Gasteiger partial charge in [0.05, 0.1) is 15.8 Å². The van der Waals surface area contributed by atoms with Crippen LogP contribution >= 0.6 is 34.5 Å². The molecule has 0 amide bonds. The van der Waals surface area contributed by atoms with E-state index in [0.717, 1.165) is 8.67 Å². The molecule has 0 bridgehead atoms. The van der Waals surface area contributed by atoms with Crippen LogP contribution in [0.2, 0.25) is 8.67 Å². The van der Waals surface area contributed by atoms with Gasteiger partial charge in [-0.3, -0.25) is 0 Å². The van der Waals surface area contributed by atoms with E-state index in [1.165, 1.54) is 36.6 Å². The van der Waals surface area contributed by atoms with Gasteiger partial charge in [-0.1, -0.05) is 23.2 Å². The molecule has 2 rings (SSSR count). The monoisotopic (exact) mass is 414 g/mol. The molecule has 1 heterocycles. The van der Waals surface area contributed by atoms with Gasteiger partial charge in [-0.2, -0.15) is 16.8 Å². The van der Waals surface area contributed by atoms with Gasteiger partial charge in [0.15, 0.2) is 0 Å². The van der Waals surface area contributed by atoms with E-state index in [1.807, 2.05) is 0 Å². The molecule has 0 unspecified atom stereocenters. The van der Waals surface area contributed by atoms with Crippen LogP contribution in [-0.4, -0.2) is 23.9 Å². The summed E-state index contributed by atoms with van der Waals surface area (Å²) < 4.78 is 54.2. The van der Waals surface area contributed by atoms with Crippen LogP contribution in [0.3, 0.4) is 0 Å². The van der Waals surface area contributed by atoms with Crippen molar-refractivity contribution in [1.82, 2.24) is 0 Å². The Morgan fingerprint density at radius 1 is 0.913 bits per heavy atom. The van der Waals surface area contributed by atoms with Crippen LogP contribution in [0, 0.1) is 0 Å². The molecule has 0 aliphatic rings. The first-order valence-corrected chi connectivity index (χ1v) is 9.16. The number of halogens is 2. The maximum absolute atomic E-state index is 10.4. The van der Waals surface area contributed by atoms with Gasteiger partial charge < -0.3 is 4.74 Å². The van der Waals surface area contributed by atoms with Crippen molar-refractivity contribution in [3.05, 3.63) is 39.0 Å². The van der Waals surface area contributed by atoms with Crippen LogP contribution in [0.15, 0.2) is 39.1 Å². The molecule has 0 aliphatic heterocycles. The molecular weight excluding hydrogens is 407 g/mol. The van der Waals surface area contributed by atoms with Crippen molar-refractivity contribution in [1.29, 1.82) is 0 Å². The van der Waals surface area contributed by atoms with Gasteiger partial charge in [-0.05, 0) is 24.3 Å². The average molecular weight is 415 g/mol. The van der Waals surface area contributed by atoms with E-state index in [-0.39, 0.29) is 11.4 Å². The Balaban J connectivity index is 0.000000313. The number of hydrogen-bond acceptors (Lipinski definition) is 8. The molecule has 12 heteroatoms. The van der Waals surface area contributed by atoms with Crippen molar-refractivity contribution >= 4 is 66.9 Å². The molecule has 2 aromatic rings. The minimum absolute atomic E-state index is 0.0710. The molecule has 1 aromatic heterocycles. The van der Waals surface area contributed by atoms with Crippen LogP contribution in [0.25, 0.3) is 0 Å². The fourth-order valence-electron chi connectivity index (χ4n) is 1.23. The smallest absolute Gasteiger partial charge is 0.316 e. The van der Waals surface area contributed by atoms with E-state index in [4.69, 9.17) is 27.9 Å². The van der Waals surface area contributed by atoms with Gasteiger partial charge in [0.2, 0.25) is 0 Å². The molecule has 0 N–H and O–H groups in total. The van der Waals surface area contributed by atoms with Crippen molar-refractivity contribution in [2.75, 3.05) is 7.11 Å². The van der Waals surface area contributed by atoms with Gasteiger partial charge in [0, 0.05) is 6.07 Å². The fraction of sp³-hybridized carbons (Fsp3) is 0.0909. The summed E-state index contributed by atoms with van der Waals surface area (Å²) in [7, 11) is -3.99. The molecule has 23 heavy (non-hydrogen) atoms. The summed E-state index contributed by atoms with van der Waals surface area (Å²) in [6.45, 7) is 0. The van der Waals surface area contributed by atoms with Gasteiger partial charge >= 0.3 is 21.0 Å². The van der Waals surface area contributed by atoms with Crippen molar-refractivity contribution in [3.63, 3.8) is 0 Å². The molecule has 7 nitrogen and oxygen atoms in total. The molecule has 1 aromatic carbocycles. The summed E-state index contributed by atoms with van der Waals surface area (Å²) >= 11 is 12.4. The van der Waals surface area contributed by atoms with Crippen molar-refractivity contribution in [2.45, 2.75) is 0 Å². The van der Waals surface area contributed by atoms with Gasteiger partial charge in [0.1, 0.15) is 17.1 Å². The lowest BCUT2D eigenvalue weighted by molar-refractivity contribution is 0.415. The Kier molecular flexibility index (Phi) is 8.20. The third-order valence-corrected chi connectivity index (χ3v) is 4.14. The van der Waals surface area contributed by atoms with E-state index < -0.39 is 21.0 Å². The SMILES string of the molecule is COc1ccc(N=S(=O)=O)c(N=S(=O)=O)c1.Clc1ccc(Cl)s1. The Bertz CT molecular complexity index is 919. The molecule has 0 saturated carbocycles. The van der Waals surface area contributed by atoms with Crippen LogP contribution in [0.5, 0.6) is 5.75 Å². The average Bonchev–Trinajstić information content (AvgIpc) is 2.84. The first-order valence-electron chi connectivity index (χ1n) is 5.53. The quantitative estimate of drug-likeness (QED) is 0.750. The van der Waals surface area contributed by atoms with E-state index in [9.17, 15) is 16.8 Å². The zero-order valence-corrected chi connectivity index (χ0v) is 15.3. The Labute approximate surface area is 148 Å². The summed E-state index contributed by atoms with van der Waals surface area (Å²) in [5, 5.41) is 0. The Morgan fingerprint density at radius 3 is 1.83 bits per heavy atom. The first-order chi connectivity index (χ1) is 10.8. The molecule has 0 spiro atoms. The number of benzene rings is 1. The fourth-order valence-corrected chi connectivity index (χ4v) is 3.06. The largest absolute Gasteiger partial charge is 0.497 e. The van der Waals surface area contributed by atoms with Crippen LogP contribution in [-0.2, 0) is 21.0 Å². The number of nitrogens with zero attached hydrogens (tertiary/aromatic N) is 2. The maximum atomic E-state index is 10.4. The molecule has 0 aliphatic carbocycles. The van der Waals surface area contributed by atoms with Crippen LogP contribution in [0.4, 0.5) is 11.4 Å². The van der Waals surface area contributed by atoms with E-state index in [1.54, 1.807) is 12.1 Å².